The van der Waals surface area contributed by atoms with Crippen molar-refractivity contribution in [3.63, 3.8) is 0 Å². The van der Waals surface area contributed by atoms with Gasteiger partial charge >= 0.3 is 7.60 Å². The molecule has 3 rings (SSSR count). The first kappa shape index (κ1) is 19.3. The van der Waals surface area contributed by atoms with Gasteiger partial charge in [0.2, 0.25) is 5.85 Å². The molecule has 0 aromatic heterocycles. The van der Waals surface area contributed by atoms with Gasteiger partial charge in [-0.2, -0.15) is 4.84 Å². The lowest BCUT2D eigenvalue weighted by molar-refractivity contribution is -0.126. The number of para-hydroxylation sites is 1. The van der Waals surface area contributed by atoms with Gasteiger partial charge in [-0.3, -0.25) is 4.57 Å². The van der Waals surface area contributed by atoms with Crippen molar-refractivity contribution in [2.24, 2.45) is 0 Å². The Labute approximate surface area is 155 Å². The first-order valence-electron chi connectivity index (χ1n) is 9.15. The van der Waals surface area contributed by atoms with Gasteiger partial charge in [0.05, 0.1) is 13.2 Å². The van der Waals surface area contributed by atoms with Gasteiger partial charge in [-0.1, -0.05) is 48.5 Å². The van der Waals surface area contributed by atoms with E-state index in [9.17, 15) is 4.57 Å². The monoisotopic (exact) mass is 376 g/mol. The summed E-state index contributed by atoms with van der Waals surface area (Å²) in [5.74, 6) is -0.564. The normalized spacial score (nSPS) is 23.2. The molecule has 6 heteroatoms. The maximum absolute atomic E-state index is 13.2. The summed E-state index contributed by atoms with van der Waals surface area (Å²) in [6.45, 7) is 5.70. The molecule has 1 heterocycles. The van der Waals surface area contributed by atoms with Crippen molar-refractivity contribution in [1.29, 1.82) is 0 Å². The third kappa shape index (κ3) is 4.08. The SMILES string of the molecule is CCOP(=O)(OCC)C1CC[N+](Cc2ccccc2)(c2ccccc2)O1. The largest absolute Gasteiger partial charge is 0.365 e. The molecular formula is C20H27NO4P+. The highest BCUT2D eigenvalue weighted by Crippen LogP contribution is 2.58. The standard InChI is InChI=1S/C20H27NO4P/c1-3-23-26(22,24-4-2)20-15-16-21(25-20,19-13-9-6-10-14-19)17-18-11-7-5-8-12-18/h5-14,20H,3-4,15-17H2,1-2H3/q+1. The highest BCUT2D eigenvalue weighted by Gasteiger charge is 2.52. The third-order valence-electron chi connectivity index (χ3n) is 4.54. The summed E-state index contributed by atoms with van der Waals surface area (Å²) in [5, 5.41) is 0. The molecule has 1 fully saturated rings. The molecular weight excluding hydrogens is 349 g/mol. The number of hydrogen-bond donors (Lipinski definition) is 0. The fourth-order valence-electron chi connectivity index (χ4n) is 3.41. The Hall–Kier alpha value is -1.49. The van der Waals surface area contributed by atoms with Crippen LogP contribution in [-0.2, 0) is 25.0 Å². The predicted octanol–water partition coefficient (Wildman–Crippen LogP) is 5.12. The van der Waals surface area contributed by atoms with Crippen molar-refractivity contribution in [3.05, 3.63) is 66.2 Å². The third-order valence-corrected chi connectivity index (χ3v) is 6.83. The number of rotatable bonds is 8. The molecule has 5 nitrogen and oxygen atoms in total. The zero-order chi connectivity index (χ0) is 18.5. The fourth-order valence-corrected chi connectivity index (χ4v) is 5.27. The van der Waals surface area contributed by atoms with E-state index in [-0.39, 0.29) is 0 Å². The van der Waals surface area contributed by atoms with Crippen molar-refractivity contribution < 1.29 is 18.5 Å². The summed E-state index contributed by atoms with van der Waals surface area (Å²) >= 11 is 0. The molecule has 0 saturated carbocycles. The molecule has 1 saturated heterocycles. The summed E-state index contributed by atoms with van der Waals surface area (Å²) < 4.78 is 24.6. The van der Waals surface area contributed by atoms with Crippen LogP contribution in [0.1, 0.15) is 25.8 Å². The molecule has 1 aliphatic rings. The smallest absolute Gasteiger partial charge is 0.307 e. The highest BCUT2D eigenvalue weighted by molar-refractivity contribution is 7.54. The fraction of sp³-hybridized carbons (Fsp3) is 0.400. The van der Waals surface area contributed by atoms with E-state index in [1.54, 1.807) is 0 Å². The maximum atomic E-state index is 13.2. The second-order valence-corrected chi connectivity index (χ2v) is 8.49. The number of hydrogen-bond acceptors (Lipinski definition) is 4. The van der Waals surface area contributed by atoms with Crippen molar-refractivity contribution in [3.8, 4) is 0 Å². The van der Waals surface area contributed by atoms with Crippen LogP contribution in [-0.4, -0.2) is 25.6 Å². The second kappa shape index (κ2) is 8.47. The molecule has 2 unspecified atom stereocenters. The Bertz CT molecular complexity index is 730. The Morgan fingerprint density at radius 3 is 2.15 bits per heavy atom. The van der Waals surface area contributed by atoms with E-state index in [4.69, 9.17) is 13.9 Å². The number of benzene rings is 2. The van der Waals surface area contributed by atoms with Crippen LogP contribution in [0, 0.1) is 0 Å². The summed E-state index contributed by atoms with van der Waals surface area (Å²) in [5.41, 5.74) is 2.21. The van der Waals surface area contributed by atoms with E-state index in [1.807, 2.05) is 50.2 Å². The van der Waals surface area contributed by atoms with Crippen LogP contribution in [0.3, 0.4) is 0 Å². The number of quaternary nitrogens is 1. The van der Waals surface area contributed by atoms with Crippen LogP contribution in [0.25, 0.3) is 0 Å². The average molecular weight is 376 g/mol. The topological polar surface area (TPSA) is 44.8 Å². The molecule has 2 atom stereocenters. The molecule has 26 heavy (non-hydrogen) atoms. The van der Waals surface area contributed by atoms with Crippen LogP contribution in [0.5, 0.6) is 0 Å². The van der Waals surface area contributed by atoms with Crippen LogP contribution >= 0.6 is 7.60 Å². The van der Waals surface area contributed by atoms with Crippen molar-refractivity contribution in [1.82, 2.24) is 4.65 Å². The van der Waals surface area contributed by atoms with Gasteiger partial charge in [-0.15, -0.1) is 4.65 Å². The van der Waals surface area contributed by atoms with Crippen LogP contribution in [0.15, 0.2) is 60.7 Å². The molecule has 0 N–H and O–H groups in total. The van der Waals surface area contributed by atoms with Gasteiger partial charge in [0.1, 0.15) is 13.1 Å². The van der Waals surface area contributed by atoms with Crippen LogP contribution in [0.4, 0.5) is 5.69 Å². The quantitative estimate of drug-likeness (QED) is 0.474. The lowest BCUT2D eigenvalue weighted by Crippen LogP contribution is -2.45. The van der Waals surface area contributed by atoms with Gasteiger partial charge < -0.3 is 9.05 Å². The van der Waals surface area contributed by atoms with Gasteiger partial charge in [0.25, 0.3) is 0 Å². The van der Waals surface area contributed by atoms with Crippen molar-refractivity contribution in [2.75, 3.05) is 19.8 Å². The van der Waals surface area contributed by atoms with Crippen molar-refractivity contribution >= 4 is 13.3 Å². The van der Waals surface area contributed by atoms with Crippen molar-refractivity contribution in [2.45, 2.75) is 32.7 Å². The molecule has 140 valence electrons. The molecule has 0 radical (unpaired) electrons. The van der Waals surface area contributed by atoms with Gasteiger partial charge in [0.15, 0.2) is 5.69 Å². The highest BCUT2D eigenvalue weighted by atomic mass is 31.2. The zero-order valence-electron chi connectivity index (χ0n) is 15.4. The van der Waals surface area contributed by atoms with Gasteiger partial charge in [0, 0.05) is 24.1 Å². The summed E-state index contributed by atoms with van der Waals surface area (Å²) in [4.78, 5) is 6.43. The molecule has 0 spiro atoms. The maximum Gasteiger partial charge on any atom is 0.365 e. The lowest BCUT2D eigenvalue weighted by atomic mass is 10.2. The molecule has 0 bridgehead atoms. The van der Waals surface area contributed by atoms with E-state index in [2.05, 4.69) is 24.3 Å². The number of nitrogens with zero attached hydrogens (tertiary/aromatic N) is 1. The van der Waals surface area contributed by atoms with E-state index >= 15 is 0 Å². The average Bonchev–Trinajstić information content (AvgIpc) is 3.10. The minimum Gasteiger partial charge on any atom is -0.307 e. The second-order valence-electron chi connectivity index (χ2n) is 6.32. The van der Waals surface area contributed by atoms with E-state index in [0.717, 1.165) is 5.69 Å². The minimum absolute atomic E-state index is 0.291. The van der Waals surface area contributed by atoms with E-state index < -0.39 is 13.4 Å². The molecule has 1 aliphatic heterocycles. The Kier molecular flexibility index (Phi) is 6.28. The van der Waals surface area contributed by atoms with E-state index in [0.29, 0.717) is 37.4 Å². The van der Waals surface area contributed by atoms with Crippen LogP contribution in [0.2, 0.25) is 0 Å². The van der Waals surface area contributed by atoms with Gasteiger partial charge in [-0.25, -0.2) is 0 Å². The zero-order valence-corrected chi connectivity index (χ0v) is 16.3. The Morgan fingerprint density at radius 1 is 1.00 bits per heavy atom. The molecule has 2 aromatic rings. The van der Waals surface area contributed by atoms with Gasteiger partial charge in [-0.05, 0) is 13.8 Å². The first-order chi connectivity index (χ1) is 12.6. The summed E-state index contributed by atoms with van der Waals surface area (Å²) in [7, 11) is -3.31. The Balaban J connectivity index is 1.92. The summed E-state index contributed by atoms with van der Waals surface area (Å²) in [6.07, 6.45) is 0.624. The predicted molar refractivity (Wildman–Crippen MR) is 104 cm³/mol. The summed E-state index contributed by atoms with van der Waals surface area (Å²) in [6, 6.07) is 20.3. The first-order valence-corrected chi connectivity index (χ1v) is 10.8. The van der Waals surface area contributed by atoms with Crippen LogP contribution < -0.4 is 4.65 Å². The Morgan fingerprint density at radius 2 is 1.58 bits per heavy atom. The molecule has 0 amide bonds. The molecule has 0 aliphatic carbocycles. The minimum atomic E-state index is -3.31. The van der Waals surface area contributed by atoms with E-state index in [1.165, 1.54) is 5.56 Å². The molecule has 2 aromatic carbocycles. The number of hydroxylamine groups is 2. The lowest BCUT2D eigenvalue weighted by Gasteiger charge is -2.31.